The van der Waals surface area contributed by atoms with E-state index in [1.165, 1.54) is 9.59 Å². The second-order valence-electron chi connectivity index (χ2n) is 14.0. The largest absolute Gasteiger partial charge is 0.505 e. The molecule has 0 aliphatic carbocycles. The number of esters is 2. The molecule has 16 nitrogen and oxygen atoms in total. The van der Waals surface area contributed by atoms with Crippen molar-refractivity contribution < 1.29 is 49.0 Å². The van der Waals surface area contributed by atoms with Gasteiger partial charge >= 0.3 is 11.9 Å². The Bertz CT molecular complexity index is 2380. The number of aliphatic hydroxyl groups excluding tert-OH is 2. The number of aliphatic hydroxyl groups is 2. The number of phenols is 2. The first-order chi connectivity index (χ1) is 30.4. The van der Waals surface area contributed by atoms with Crippen LogP contribution in [0.1, 0.15) is 82.1 Å². The Kier molecular flexibility index (Phi) is 21.0. The number of nitrogens with zero attached hydrogens (tertiary/aromatic N) is 6. The zero-order valence-corrected chi connectivity index (χ0v) is 37.6. The van der Waals surface area contributed by atoms with Gasteiger partial charge in [-0.25, -0.2) is 0 Å². The second kappa shape index (κ2) is 26.3. The summed E-state index contributed by atoms with van der Waals surface area (Å²) < 4.78 is 19.9. The molecule has 0 bridgehead atoms. The van der Waals surface area contributed by atoms with E-state index in [1.807, 2.05) is 26.0 Å². The van der Waals surface area contributed by atoms with Crippen molar-refractivity contribution in [2.24, 2.45) is 0 Å². The van der Waals surface area contributed by atoms with Gasteiger partial charge in [-0.05, 0) is 117 Å². The number of aromatic nitrogens is 6. The molecule has 63 heavy (non-hydrogen) atoms. The van der Waals surface area contributed by atoms with Gasteiger partial charge in [0.1, 0.15) is 51.7 Å². The molecule has 4 aromatic carbocycles. The number of carbonyl (C=O) groups is 2. The minimum absolute atomic E-state index is 0.0226. The molecule has 4 N–H and O–H groups in total. The van der Waals surface area contributed by atoms with Crippen LogP contribution in [-0.4, -0.2) is 102 Å². The minimum atomic E-state index is -0.543. The summed E-state index contributed by atoms with van der Waals surface area (Å²) in [5, 5.41) is 56.7. The highest BCUT2D eigenvalue weighted by atomic mass is 35.5. The molecule has 18 heteroatoms. The lowest BCUT2D eigenvalue weighted by atomic mass is 10.00. The Balaban J connectivity index is 0.000000705. The van der Waals surface area contributed by atoms with Gasteiger partial charge in [-0.3, -0.25) is 9.59 Å². The molecule has 0 saturated heterocycles. The molecule has 6 rings (SSSR count). The van der Waals surface area contributed by atoms with Crippen LogP contribution in [0.5, 0.6) is 11.5 Å². The molecule has 0 saturated carbocycles. The van der Waals surface area contributed by atoms with E-state index in [0.717, 1.165) is 36.0 Å². The maximum Gasteiger partial charge on any atom is 0.308 e. The van der Waals surface area contributed by atoms with Crippen molar-refractivity contribution in [3.63, 3.8) is 0 Å². The number of carbonyl (C=O) groups excluding carboxylic acids is 2. The molecule has 0 fully saturated rings. The Morgan fingerprint density at radius 3 is 1.57 bits per heavy atom. The van der Waals surface area contributed by atoms with E-state index in [1.54, 1.807) is 55.5 Å². The average molecular weight is 912 g/mol. The SMILES string of the molecule is CCCCCc1cc(CCC(=O)OCOC(=O)CCc2cc(CC)c(O)c(-n3nc4ccc(Cl)cc4n3)c2)cc(-n2nc3ccc(Cl)cc3n2)c1O.CCO.CCOCCOCO. The van der Waals surface area contributed by atoms with Gasteiger partial charge in [0.15, 0.2) is 0 Å². The Hall–Kier alpha value is -5.36. The summed E-state index contributed by atoms with van der Waals surface area (Å²) in [7, 11) is 0. The fourth-order valence-electron chi connectivity index (χ4n) is 6.22. The molecular weight excluding hydrogens is 855 g/mol. The summed E-state index contributed by atoms with van der Waals surface area (Å²) in [6.07, 6.45) is 4.84. The Morgan fingerprint density at radius 2 is 1.10 bits per heavy atom. The van der Waals surface area contributed by atoms with Crippen molar-refractivity contribution >= 4 is 57.2 Å². The fraction of sp³-hybridized carbons (Fsp3) is 0.422. The van der Waals surface area contributed by atoms with E-state index in [0.29, 0.717) is 94.6 Å². The molecular formula is C45H56Cl2N6O10. The highest BCUT2D eigenvalue weighted by Gasteiger charge is 2.18. The molecule has 0 aliphatic rings. The van der Waals surface area contributed by atoms with Crippen LogP contribution in [0.3, 0.4) is 0 Å². The van der Waals surface area contributed by atoms with Crippen molar-refractivity contribution in [2.45, 2.75) is 85.5 Å². The van der Waals surface area contributed by atoms with Gasteiger partial charge in [-0.2, -0.15) is 0 Å². The Labute approximate surface area is 376 Å². The van der Waals surface area contributed by atoms with Crippen LogP contribution < -0.4 is 0 Å². The third kappa shape index (κ3) is 15.4. The first kappa shape index (κ1) is 50.3. The number of benzene rings is 4. The highest BCUT2D eigenvalue weighted by molar-refractivity contribution is 6.31. The van der Waals surface area contributed by atoms with Crippen molar-refractivity contribution in [3.05, 3.63) is 93.0 Å². The lowest BCUT2D eigenvalue weighted by molar-refractivity contribution is -0.167. The first-order valence-electron chi connectivity index (χ1n) is 20.9. The van der Waals surface area contributed by atoms with Gasteiger partial charge in [0.25, 0.3) is 0 Å². The normalized spacial score (nSPS) is 10.9. The molecule has 0 aliphatic heterocycles. The van der Waals surface area contributed by atoms with E-state index in [4.69, 9.17) is 47.6 Å². The van der Waals surface area contributed by atoms with Crippen LogP contribution in [0.4, 0.5) is 0 Å². The van der Waals surface area contributed by atoms with Gasteiger partial charge < -0.3 is 39.4 Å². The van der Waals surface area contributed by atoms with Gasteiger partial charge in [-0.1, -0.05) is 62.0 Å². The summed E-state index contributed by atoms with van der Waals surface area (Å²) in [6.45, 7) is 8.89. The maximum absolute atomic E-state index is 12.7. The van der Waals surface area contributed by atoms with Crippen molar-refractivity contribution in [1.29, 1.82) is 0 Å². The van der Waals surface area contributed by atoms with Crippen LogP contribution in [0.25, 0.3) is 33.4 Å². The highest BCUT2D eigenvalue weighted by Crippen LogP contribution is 2.32. The van der Waals surface area contributed by atoms with Crippen LogP contribution in [0.2, 0.25) is 10.0 Å². The lowest BCUT2D eigenvalue weighted by Gasteiger charge is -2.13. The summed E-state index contributed by atoms with van der Waals surface area (Å²) in [5.74, 6) is -0.936. The monoisotopic (exact) mass is 910 g/mol. The van der Waals surface area contributed by atoms with Crippen molar-refractivity contribution in [1.82, 2.24) is 30.0 Å². The zero-order valence-electron chi connectivity index (χ0n) is 36.1. The molecule has 0 spiro atoms. The number of fused-ring (bicyclic) bond motifs is 2. The van der Waals surface area contributed by atoms with Crippen LogP contribution >= 0.6 is 23.2 Å². The summed E-state index contributed by atoms with van der Waals surface area (Å²) >= 11 is 12.2. The van der Waals surface area contributed by atoms with E-state index in [2.05, 4.69) is 32.1 Å². The van der Waals surface area contributed by atoms with Gasteiger partial charge in [0, 0.05) is 36.1 Å². The van der Waals surface area contributed by atoms with E-state index >= 15 is 0 Å². The maximum atomic E-state index is 12.7. The first-order valence-corrected chi connectivity index (χ1v) is 21.6. The van der Waals surface area contributed by atoms with Crippen molar-refractivity contribution in [2.75, 3.05) is 40.0 Å². The molecule has 0 amide bonds. The fourth-order valence-corrected chi connectivity index (χ4v) is 6.55. The molecule has 0 atom stereocenters. The van der Waals surface area contributed by atoms with Gasteiger partial charge in [-0.15, -0.1) is 30.0 Å². The molecule has 6 aromatic rings. The summed E-state index contributed by atoms with van der Waals surface area (Å²) in [4.78, 5) is 28.0. The van der Waals surface area contributed by atoms with Gasteiger partial charge in [0.2, 0.25) is 6.79 Å². The predicted octanol–water partition coefficient (Wildman–Crippen LogP) is 7.76. The second-order valence-corrected chi connectivity index (χ2v) is 14.9. The number of phenolic OH excluding ortho intramolecular Hbond substituents is 2. The molecule has 340 valence electrons. The number of aromatic hydroxyl groups is 2. The van der Waals surface area contributed by atoms with Gasteiger partial charge in [0.05, 0.1) is 13.2 Å². The number of aryl methyl sites for hydroxylation is 4. The molecule has 2 aromatic heterocycles. The Morgan fingerprint density at radius 1 is 0.619 bits per heavy atom. The van der Waals surface area contributed by atoms with E-state index < -0.39 is 18.7 Å². The number of hydrogen-bond donors (Lipinski definition) is 4. The minimum Gasteiger partial charge on any atom is -0.505 e. The molecule has 0 radical (unpaired) electrons. The van der Waals surface area contributed by atoms with Crippen LogP contribution in [0.15, 0.2) is 60.7 Å². The number of ether oxygens (including phenoxy) is 4. The third-order valence-corrected chi connectivity index (χ3v) is 9.82. The number of unbranched alkanes of at least 4 members (excludes halogenated alkanes) is 2. The lowest BCUT2D eigenvalue weighted by Crippen LogP contribution is -2.14. The topological polar surface area (TPSA) is 213 Å². The molecule has 0 unspecified atom stereocenters. The summed E-state index contributed by atoms with van der Waals surface area (Å²) in [6, 6.07) is 17.6. The van der Waals surface area contributed by atoms with Crippen molar-refractivity contribution in [3.8, 4) is 22.9 Å². The number of hydrogen-bond acceptors (Lipinski definition) is 14. The zero-order chi connectivity index (χ0) is 45.7. The van der Waals surface area contributed by atoms with Crippen LogP contribution in [-0.2, 0) is 54.2 Å². The smallest absolute Gasteiger partial charge is 0.308 e. The van der Waals surface area contributed by atoms with E-state index in [-0.39, 0.29) is 37.7 Å². The van der Waals surface area contributed by atoms with Crippen LogP contribution in [0, 0.1) is 0 Å². The quantitative estimate of drug-likeness (QED) is 0.0328. The third-order valence-electron chi connectivity index (χ3n) is 9.35. The molecule has 2 heterocycles. The summed E-state index contributed by atoms with van der Waals surface area (Å²) in [5.41, 5.74) is 6.23. The average Bonchev–Trinajstić information content (AvgIpc) is 3.89. The number of halogens is 2. The number of rotatable bonds is 20. The van der Waals surface area contributed by atoms with E-state index in [9.17, 15) is 19.8 Å². The predicted molar refractivity (Wildman–Crippen MR) is 240 cm³/mol. The standard InChI is InChI=1S/C38H38Cl2N6O6.C5H12O3.C2H6O/c1-3-5-6-7-26-17-24(19-34(38(26)50)46-42-30-13-11-28(40)21-32(30)44-46)9-15-36(48)52-22-51-35(47)14-8-23-16-25(4-2)37(49)33(18-23)45-41-29-12-10-27(39)20-31(29)43-45;1-2-7-3-4-8-5-6;1-2-3/h10-13,16-21,49-50H,3-9,14-15,22H2,1-2H3;6H,2-5H2,1H3;3H,2H2,1H3.